The summed E-state index contributed by atoms with van der Waals surface area (Å²) in [5, 5.41) is 8.95. The predicted octanol–water partition coefficient (Wildman–Crippen LogP) is 5.72. The first-order valence-corrected chi connectivity index (χ1v) is 14.6. The van der Waals surface area contributed by atoms with E-state index in [4.69, 9.17) is 11.1 Å². The maximum atomic E-state index is 13.7. The third-order valence-electron chi connectivity index (χ3n) is 8.96. The van der Waals surface area contributed by atoms with Crippen molar-refractivity contribution < 1.29 is 9.59 Å². The largest absolute Gasteiger partial charge is 0.369 e. The number of rotatable bonds is 4. The lowest BCUT2D eigenvalue weighted by atomic mass is 9.86. The Bertz CT molecular complexity index is 757. The minimum absolute atomic E-state index is 0.00642. The molecule has 0 unspecified atom stereocenters. The van der Waals surface area contributed by atoms with Gasteiger partial charge in [0.2, 0.25) is 23.7 Å². The Morgan fingerprint density at radius 3 is 1.34 bits per heavy atom. The van der Waals surface area contributed by atoms with Crippen molar-refractivity contribution in [1.29, 1.82) is 5.41 Å². The van der Waals surface area contributed by atoms with E-state index < -0.39 is 0 Å². The molecule has 7 nitrogen and oxygen atoms in total. The predicted molar refractivity (Wildman–Crippen MR) is 140 cm³/mol. The molecule has 35 heavy (non-hydrogen) atoms. The fraction of sp³-hybridized carbons (Fsp3) is 0.857. The quantitative estimate of drug-likeness (QED) is 0.393. The summed E-state index contributed by atoms with van der Waals surface area (Å²) in [6.45, 7) is 0. The molecule has 0 spiro atoms. The van der Waals surface area contributed by atoms with Crippen LogP contribution in [-0.2, 0) is 9.59 Å². The maximum absolute atomic E-state index is 13.7. The molecule has 0 bridgehead atoms. The summed E-state index contributed by atoms with van der Waals surface area (Å²) in [6.07, 6.45) is 20.8. The van der Waals surface area contributed by atoms with Gasteiger partial charge in [0, 0.05) is 23.9 Å². The van der Waals surface area contributed by atoms with Crippen LogP contribution in [0.5, 0.6) is 0 Å². The molecular weight excluding hydrogens is 438 g/mol. The third-order valence-corrected chi connectivity index (χ3v) is 8.96. The van der Waals surface area contributed by atoms with E-state index in [9.17, 15) is 9.59 Å². The monoisotopic (exact) mass is 485 g/mol. The lowest BCUT2D eigenvalue weighted by molar-refractivity contribution is -0.135. The summed E-state index contributed by atoms with van der Waals surface area (Å²) in [5.74, 6) is 0.221. The molecule has 4 fully saturated rings. The molecule has 196 valence electrons. The van der Waals surface area contributed by atoms with E-state index in [-0.39, 0.29) is 47.7 Å². The number of guanidine groups is 2. The molecule has 0 aliphatic heterocycles. The van der Waals surface area contributed by atoms with Crippen molar-refractivity contribution in [3.05, 3.63) is 0 Å². The Morgan fingerprint density at radius 1 is 0.571 bits per heavy atom. The van der Waals surface area contributed by atoms with Crippen LogP contribution < -0.4 is 5.73 Å². The molecule has 0 aromatic rings. The Labute approximate surface area is 211 Å². The second-order valence-corrected chi connectivity index (χ2v) is 11.5. The van der Waals surface area contributed by atoms with Crippen LogP contribution in [0, 0.1) is 17.2 Å². The van der Waals surface area contributed by atoms with Crippen LogP contribution in [-0.4, -0.2) is 45.6 Å². The normalized spacial score (nSPS) is 24.2. The number of carbonyl (C=O) groups excluding carboxylic acids is 2. The lowest BCUT2D eigenvalue weighted by Gasteiger charge is -2.38. The number of hydrogen-bond donors (Lipinski definition) is 2. The standard InChI is InChI=1S/C28H47N5O2/c29-27(32(23-17-9-3-10-18-23)25(34)21-13-5-1-6-14-21)31-28(30)33(24-19-11-4-12-20-24)26(35)22-15-7-2-8-16-22/h21-24H,1-20H2,(H3,29,30,31). The molecule has 7 heteroatoms. The first kappa shape index (κ1) is 26.2. The van der Waals surface area contributed by atoms with Crippen molar-refractivity contribution in [1.82, 2.24) is 9.80 Å². The highest BCUT2D eigenvalue weighted by Gasteiger charge is 2.37. The van der Waals surface area contributed by atoms with Gasteiger partial charge in [0.25, 0.3) is 0 Å². The summed E-state index contributed by atoms with van der Waals surface area (Å²) >= 11 is 0. The molecule has 0 aromatic carbocycles. The van der Waals surface area contributed by atoms with Crippen molar-refractivity contribution in [3.8, 4) is 0 Å². The van der Waals surface area contributed by atoms with Gasteiger partial charge in [-0.05, 0) is 51.4 Å². The van der Waals surface area contributed by atoms with E-state index in [0.717, 1.165) is 103 Å². The van der Waals surface area contributed by atoms with Gasteiger partial charge in [0.05, 0.1) is 0 Å². The van der Waals surface area contributed by atoms with Gasteiger partial charge in [-0.3, -0.25) is 24.8 Å². The SMILES string of the molecule is N=C(/N=C(\N)N(C(=O)C1CCCCC1)C1CCCCC1)N(C(=O)C1CCCCC1)C1CCCCC1. The Kier molecular flexibility index (Phi) is 9.61. The van der Waals surface area contributed by atoms with Crippen LogP contribution in [0.2, 0.25) is 0 Å². The number of nitrogens with two attached hydrogens (primary N) is 1. The Balaban J connectivity index is 1.57. The first-order chi connectivity index (χ1) is 17.1. The van der Waals surface area contributed by atoms with Gasteiger partial charge in [-0.1, -0.05) is 77.0 Å². The Hall–Kier alpha value is -1.92. The number of amides is 2. The highest BCUT2D eigenvalue weighted by molar-refractivity contribution is 6.06. The second kappa shape index (κ2) is 12.9. The van der Waals surface area contributed by atoms with Gasteiger partial charge in [-0.25, -0.2) is 0 Å². The zero-order valence-electron chi connectivity index (χ0n) is 21.7. The van der Waals surface area contributed by atoms with Crippen molar-refractivity contribution in [2.75, 3.05) is 0 Å². The lowest BCUT2D eigenvalue weighted by Crippen LogP contribution is -2.53. The van der Waals surface area contributed by atoms with E-state index in [1.807, 2.05) is 0 Å². The average Bonchev–Trinajstić information content (AvgIpc) is 2.91. The van der Waals surface area contributed by atoms with Crippen molar-refractivity contribution >= 4 is 23.7 Å². The van der Waals surface area contributed by atoms with E-state index in [0.29, 0.717) is 0 Å². The number of nitrogens with zero attached hydrogens (tertiary/aromatic N) is 3. The fourth-order valence-corrected chi connectivity index (χ4v) is 6.92. The highest BCUT2D eigenvalue weighted by atomic mass is 16.2. The van der Waals surface area contributed by atoms with Gasteiger partial charge < -0.3 is 5.73 Å². The zero-order chi connectivity index (χ0) is 24.6. The van der Waals surface area contributed by atoms with Crippen LogP contribution >= 0.6 is 0 Å². The summed E-state index contributed by atoms with van der Waals surface area (Å²) in [7, 11) is 0. The molecule has 4 aliphatic carbocycles. The fourth-order valence-electron chi connectivity index (χ4n) is 6.92. The summed E-state index contributed by atoms with van der Waals surface area (Å²) < 4.78 is 0. The number of hydrogen-bond acceptors (Lipinski definition) is 3. The topological polar surface area (TPSA) is 103 Å². The summed E-state index contributed by atoms with van der Waals surface area (Å²) in [6, 6.07) is 0.0892. The molecule has 0 atom stereocenters. The zero-order valence-corrected chi connectivity index (χ0v) is 21.7. The van der Waals surface area contributed by atoms with E-state index in [1.54, 1.807) is 9.80 Å². The minimum atomic E-state index is -0.0535. The minimum Gasteiger partial charge on any atom is -0.369 e. The third kappa shape index (κ3) is 6.65. The van der Waals surface area contributed by atoms with Crippen LogP contribution in [0.25, 0.3) is 0 Å². The molecule has 0 radical (unpaired) electrons. The second-order valence-electron chi connectivity index (χ2n) is 11.5. The van der Waals surface area contributed by atoms with Crippen molar-refractivity contribution in [3.63, 3.8) is 0 Å². The number of nitrogens with one attached hydrogen (secondary N) is 1. The van der Waals surface area contributed by atoms with Crippen LogP contribution in [0.15, 0.2) is 4.99 Å². The van der Waals surface area contributed by atoms with Crippen LogP contribution in [0.4, 0.5) is 0 Å². The van der Waals surface area contributed by atoms with E-state index >= 15 is 0 Å². The summed E-state index contributed by atoms with van der Waals surface area (Å²) in [5.41, 5.74) is 6.58. The molecule has 0 saturated heterocycles. The molecule has 0 heterocycles. The molecule has 4 aliphatic rings. The smallest absolute Gasteiger partial charge is 0.232 e. The van der Waals surface area contributed by atoms with Gasteiger partial charge in [0.15, 0.2) is 0 Å². The highest BCUT2D eigenvalue weighted by Crippen LogP contribution is 2.31. The molecule has 4 rings (SSSR count). The van der Waals surface area contributed by atoms with Gasteiger partial charge in [-0.15, -0.1) is 0 Å². The van der Waals surface area contributed by atoms with Crippen molar-refractivity contribution in [2.45, 2.75) is 141 Å². The molecule has 2 amide bonds. The average molecular weight is 486 g/mol. The van der Waals surface area contributed by atoms with Crippen LogP contribution in [0.3, 0.4) is 0 Å². The molecule has 0 aromatic heterocycles. The first-order valence-electron chi connectivity index (χ1n) is 14.6. The number of carbonyl (C=O) groups is 2. The van der Waals surface area contributed by atoms with Gasteiger partial charge in [0.1, 0.15) is 0 Å². The van der Waals surface area contributed by atoms with Gasteiger partial charge in [-0.2, -0.15) is 4.99 Å². The summed E-state index contributed by atoms with van der Waals surface area (Å²) in [4.78, 5) is 35.3. The molecule has 3 N–H and O–H groups in total. The maximum Gasteiger partial charge on any atom is 0.232 e. The van der Waals surface area contributed by atoms with Crippen molar-refractivity contribution in [2.24, 2.45) is 22.6 Å². The molecular formula is C28H47N5O2. The molecule has 4 saturated carbocycles. The van der Waals surface area contributed by atoms with Crippen LogP contribution in [0.1, 0.15) is 128 Å². The number of aliphatic imine (C=N–C) groups is 1. The Morgan fingerprint density at radius 2 is 0.914 bits per heavy atom. The van der Waals surface area contributed by atoms with E-state index in [2.05, 4.69) is 4.99 Å². The van der Waals surface area contributed by atoms with Gasteiger partial charge >= 0.3 is 0 Å². The van der Waals surface area contributed by atoms with E-state index in [1.165, 1.54) is 25.7 Å².